The summed E-state index contributed by atoms with van der Waals surface area (Å²) in [7, 11) is 9.43. The molecule has 0 bridgehead atoms. The van der Waals surface area contributed by atoms with Crippen molar-refractivity contribution in [2.24, 2.45) is 0 Å². The van der Waals surface area contributed by atoms with Crippen LogP contribution < -0.4 is 43.8 Å². The molecule has 4 aromatic rings. The second-order valence-corrected chi connectivity index (χ2v) is 14.5. The van der Waals surface area contributed by atoms with Crippen LogP contribution in [0, 0.1) is 0 Å². The lowest BCUT2D eigenvalue weighted by Gasteiger charge is -2.21. The van der Waals surface area contributed by atoms with Crippen LogP contribution in [0.25, 0.3) is 22.3 Å². The molecular weight excluding hydrogens is 789 g/mol. The molecule has 2 amide bonds. The third-order valence-electron chi connectivity index (χ3n) is 10.6. The fourth-order valence-corrected chi connectivity index (χ4v) is 8.01. The van der Waals surface area contributed by atoms with Crippen molar-refractivity contribution < 1.29 is 62.5 Å². The number of phenolic OH excluding ortho intramolecular Hbond substituents is 1. The van der Waals surface area contributed by atoms with Crippen LogP contribution in [0.2, 0.25) is 0 Å². The van der Waals surface area contributed by atoms with E-state index in [1.807, 2.05) is 24.3 Å². The molecule has 2 aliphatic rings. The Bertz CT molecular complexity index is 2270. The van der Waals surface area contributed by atoms with E-state index < -0.39 is 11.9 Å². The molecule has 61 heavy (non-hydrogen) atoms. The maximum absolute atomic E-state index is 12.3. The van der Waals surface area contributed by atoms with Crippen LogP contribution in [0.15, 0.2) is 48.5 Å². The van der Waals surface area contributed by atoms with Gasteiger partial charge in [0, 0.05) is 37.8 Å². The summed E-state index contributed by atoms with van der Waals surface area (Å²) in [5.41, 5.74) is 7.12. The van der Waals surface area contributed by atoms with Gasteiger partial charge in [-0.25, -0.2) is 0 Å². The Morgan fingerprint density at radius 2 is 1.07 bits per heavy atom. The standard InChI is InChI=1S/C26H31NO8.C20H23NO5/c1-15(28)27-20-12-9-16-13-21(32-2)25(33-3)26(34-4)24(16)18-11-10-17(14-19(18)20)35-23(31)8-6-5-7-22(29)30;1-11(22)21-16-8-5-12-9-17(24-2)19(25-3)20(26-4)18(12)14-7-6-13(23)10-15(14)16/h10-11,13-14,20H,5-9,12H2,1-4H3,(H,27,28)(H,29,30);6-7,9-10,16,23H,5,8H2,1-4H3,(H,21,22)/t20-;16-/m00/s1. The number of unbranched alkanes of at least 4 members (excludes halogenated alkanes) is 1. The van der Waals surface area contributed by atoms with Gasteiger partial charge in [-0.3, -0.25) is 19.2 Å². The zero-order chi connectivity index (χ0) is 44.4. The van der Waals surface area contributed by atoms with E-state index in [9.17, 15) is 24.3 Å². The molecule has 0 saturated heterocycles. The number of aromatic hydroxyl groups is 1. The minimum Gasteiger partial charge on any atom is -0.508 e. The number of hydrogen-bond acceptors (Lipinski definition) is 12. The smallest absolute Gasteiger partial charge is 0.311 e. The third kappa shape index (κ3) is 10.4. The van der Waals surface area contributed by atoms with Gasteiger partial charge >= 0.3 is 11.9 Å². The fourth-order valence-electron chi connectivity index (χ4n) is 8.01. The average molecular weight is 843 g/mol. The van der Waals surface area contributed by atoms with Crippen LogP contribution in [0.5, 0.6) is 46.0 Å². The second-order valence-electron chi connectivity index (χ2n) is 14.5. The van der Waals surface area contributed by atoms with Crippen molar-refractivity contribution in [3.05, 3.63) is 70.8 Å². The van der Waals surface area contributed by atoms with Crippen molar-refractivity contribution in [1.82, 2.24) is 10.6 Å². The molecule has 0 radical (unpaired) electrons. The van der Waals surface area contributed by atoms with Crippen LogP contribution >= 0.6 is 0 Å². The fraction of sp³-hybridized carbons (Fsp3) is 0.391. The minimum absolute atomic E-state index is 0.0139. The van der Waals surface area contributed by atoms with Gasteiger partial charge in [-0.05, 0) is 108 Å². The summed E-state index contributed by atoms with van der Waals surface area (Å²) in [6.45, 7) is 2.96. The van der Waals surface area contributed by atoms with Gasteiger partial charge in [0.2, 0.25) is 23.3 Å². The van der Waals surface area contributed by atoms with E-state index in [1.165, 1.54) is 13.8 Å². The largest absolute Gasteiger partial charge is 0.508 e. The number of esters is 1. The quantitative estimate of drug-likeness (QED) is 0.0563. The summed E-state index contributed by atoms with van der Waals surface area (Å²) in [6.07, 6.45) is 3.63. The van der Waals surface area contributed by atoms with E-state index in [0.717, 1.165) is 44.5 Å². The minimum atomic E-state index is -0.891. The molecule has 0 saturated carbocycles. The number of methoxy groups -OCH3 is 6. The van der Waals surface area contributed by atoms with Crippen LogP contribution in [0.1, 0.15) is 86.7 Å². The Morgan fingerprint density at radius 1 is 0.607 bits per heavy atom. The lowest BCUT2D eigenvalue weighted by molar-refractivity contribution is -0.138. The molecule has 6 rings (SSSR count). The number of fused-ring (bicyclic) bond motifs is 6. The molecule has 0 unspecified atom stereocenters. The Morgan fingerprint density at radius 3 is 1.51 bits per heavy atom. The van der Waals surface area contributed by atoms with Crippen molar-refractivity contribution in [2.45, 2.75) is 77.3 Å². The van der Waals surface area contributed by atoms with Crippen molar-refractivity contribution in [1.29, 1.82) is 0 Å². The van der Waals surface area contributed by atoms with Gasteiger partial charge in [0.05, 0.1) is 54.7 Å². The second kappa shape index (κ2) is 20.6. The number of ether oxygens (including phenoxy) is 7. The molecule has 15 nitrogen and oxygen atoms in total. The number of carboxylic acids is 1. The summed E-state index contributed by atoms with van der Waals surface area (Å²) in [6, 6.07) is 13.8. The first-order valence-corrected chi connectivity index (χ1v) is 19.9. The molecule has 0 spiro atoms. The van der Waals surface area contributed by atoms with E-state index in [4.69, 9.17) is 38.3 Å². The van der Waals surface area contributed by atoms with E-state index in [2.05, 4.69) is 10.6 Å². The number of amides is 2. The molecule has 2 atom stereocenters. The van der Waals surface area contributed by atoms with Crippen LogP contribution in [0.4, 0.5) is 0 Å². The maximum Gasteiger partial charge on any atom is 0.311 e. The van der Waals surface area contributed by atoms with E-state index in [1.54, 1.807) is 66.9 Å². The van der Waals surface area contributed by atoms with Crippen molar-refractivity contribution in [3.8, 4) is 68.2 Å². The Balaban J connectivity index is 0.000000241. The molecule has 326 valence electrons. The Labute approximate surface area is 355 Å². The van der Waals surface area contributed by atoms with Gasteiger partial charge in [0.15, 0.2) is 23.0 Å². The van der Waals surface area contributed by atoms with Crippen LogP contribution in [-0.2, 0) is 32.0 Å². The topological polar surface area (TPSA) is 197 Å². The Kier molecular flexibility index (Phi) is 15.3. The first-order chi connectivity index (χ1) is 29.3. The molecule has 4 N–H and O–H groups in total. The number of carbonyl (C=O) groups excluding carboxylic acids is 3. The van der Waals surface area contributed by atoms with Gasteiger partial charge in [-0.2, -0.15) is 0 Å². The SMILES string of the molecule is COc1cc2c(c(OC)c1OC)-c1ccc(O)cc1[C@@H](NC(C)=O)CC2.COc1cc2c(c(OC)c1OC)-c1ccc(OC(=O)CCCCC(=O)O)cc1[C@@H](NC(C)=O)CC2. The lowest BCUT2D eigenvalue weighted by Crippen LogP contribution is -2.26. The summed E-state index contributed by atoms with van der Waals surface area (Å²) >= 11 is 0. The number of nitrogens with one attached hydrogen (secondary N) is 2. The number of carboxylic acid groups (broad SMARTS) is 1. The highest BCUT2D eigenvalue weighted by molar-refractivity contribution is 5.85. The summed E-state index contributed by atoms with van der Waals surface area (Å²) in [5.74, 6) is 2.13. The average Bonchev–Trinajstić information content (AvgIpc) is 3.47. The van der Waals surface area contributed by atoms with Crippen LogP contribution in [0.3, 0.4) is 0 Å². The monoisotopic (exact) mass is 842 g/mol. The number of carbonyl (C=O) groups is 4. The first-order valence-electron chi connectivity index (χ1n) is 19.9. The molecule has 4 aromatic carbocycles. The summed E-state index contributed by atoms with van der Waals surface area (Å²) < 4.78 is 39.1. The predicted octanol–water partition coefficient (Wildman–Crippen LogP) is 7.26. The van der Waals surface area contributed by atoms with Gasteiger partial charge < -0.3 is 54.0 Å². The number of rotatable bonds is 14. The van der Waals surface area contributed by atoms with Crippen LogP contribution in [-0.4, -0.2) is 76.6 Å². The number of hydrogen-bond donors (Lipinski definition) is 4. The zero-order valence-electron chi connectivity index (χ0n) is 35.8. The van der Waals surface area contributed by atoms with Gasteiger partial charge in [-0.15, -0.1) is 0 Å². The molecule has 0 fully saturated rings. The van der Waals surface area contributed by atoms with Gasteiger partial charge in [0.1, 0.15) is 11.5 Å². The summed E-state index contributed by atoms with van der Waals surface area (Å²) in [5, 5.41) is 24.7. The van der Waals surface area contributed by atoms with Gasteiger partial charge in [0.25, 0.3) is 0 Å². The predicted molar refractivity (Wildman–Crippen MR) is 226 cm³/mol. The molecule has 0 aromatic heterocycles. The lowest BCUT2D eigenvalue weighted by atomic mass is 9.93. The number of aliphatic carboxylic acids is 1. The van der Waals surface area contributed by atoms with E-state index >= 15 is 0 Å². The Hall–Kier alpha value is -6.64. The number of phenols is 1. The summed E-state index contributed by atoms with van der Waals surface area (Å²) in [4.78, 5) is 46.6. The highest BCUT2D eigenvalue weighted by atomic mass is 16.5. The maximum atomic E-state index is 12.3. The molecular formula is C46H54N2O13. The molecule has 2 aliphatic carbocycles. The highest BCUT2D eigenvalue weighted by Crippen LogP contribution is 2.52. The van der Waals surface area contributed by atoms with Gasteiger partial charge in [-0.1, -0.05) is 12.1 Å². The van der Waals surface area contributed by atoms with Crippen molar-refractivity contribution >= 4 is 23.8 Å². The van der Waals surface area contributed by atoms with E-state index in [-0.39, 0.29) is 42.5 Å². The third-order valence-corrected chi connectivity index (χ3v) is 10.6. The zero-order valence-corrected chi connectivity index (χ0v) is 35.8. The first kappa shape index (κ1) is 45.4. The molecule has 0 heterocycles. The highest BCUT2D eigenvalue weighted by Gasteiger charge is 2.31. The molecule has 0 aliphatic heterocycles. The number of benzene rings is 4. The van der Waals surface area contributed by atoms with Crippen molar-refractivity contribution in [3.63, 3.8) is 0 Å². The normalized spacial score (nSPS) is 14.6. The number of aryl methyl sites for hydroxylation is 2. The van der Waals surface area contributed by atoms with Crippen molar-refractivity contribution in [2.75, 3.05) is 42.7 Å². The van der Waals surface area contributed by atoms with E-state index in [0.29, 0.717) is 78.8 Å². The molecule has 15 heteroatoms.